The molecule has 0 bridgehead atoms. The molecule has 0 atom stereocenters. The zero-order chi connectivity index (χ0) is 10.0. The first-order chi connectivity index (χ1) is 6.11. The molecule has 0 spiro atoms. The molecule has 0 amide bonds. The molecule has 13 heavy (non-hydrogen) atoms. The van der Waals surface area contributed by atoms with Gasteiger partial charge in [-0.2, -0.15) is 0 Å². The van der Waals surface area contributed by atoms with Crippen molar-refractivity contribution in [1.82, 2.24) is 0 Å². The Morgan fingerprint density at radius 2 is 2.15 bits per heavy atom. The third-order valence-corrected chi connectivity index (χ3v) is 2.20. The van der Waals surface area contributed by atoms with Gasteiger partial charge >= 0.3 is 0 Å². The first-order valence-corrected chi connectivity index (χ1v) is 4.07. The number of benzene rings is 1. The van der Waals surface area contributed by atoms with Crippen LogP contribution in [0.1, 0.15) is 10.4 Å². The van der Waals surface area contributed by atoms with E-state index < -0.39 is 0 Å². The van der Waals surface area contributed by atoms with Gasteiger partial charge in [-0.15, -0.1) is 0 Å². The van der Waals surface area contributed by atoms with Crippen LogP contribution in [-0.4, -0.2) is 18.5 Å². The highest BCUT2D eigenvalue weighted by Crippen LogP contribution is 2.39. The number of phenolic OH excluding ortho intramolecular Hbond substituents is 1. The van der Waals surface area contributed by atoms with Gasteiger partial charge in [0, 0.05) is 6.07 Å². The molecule has 1 aromatic rings. The van der Waals surface area contributed by atoms with Crippen molar-refractivity contribution < 1.29 is 14.6 Å². The number of rotatable bonds is 2. The fourth-order valence-corrected chi connectivity index (χ4v) is 1.52. The highest BCUT2D eigenvalue weighted by atomic mass is 35.5. The summed E-state index contributed by atoms with van der Waals surface area (Å²) in [4.78, 5) is 10.5. The molecule has 0 radical (unpaired) electrons. The van der Waals surface area contributed by atoms with Crippen molar-refractivity contribution in [3.05, 3.63) is 21.7 Å². The second-order valence-corrected chi connectivity index (χ2v) is 3.04. The Morgan fingerprint density at radius 1 is 1.54 bits per heavy atom. The lowest BCUT2D eigenvalue weighted by molar-refractivity contribution is 0.112. The van der Waals surface area contributed by atoms with Gasteiger partial charge in [0.05, 0.1) is 22.7 Å². The van der Waals surface area contributed by atoms with Gasteiger partial charge in [-0.1, -0.05) is 23.2 Å². The van der Waals surface area contributed by atoms with E-state index in [0.29, 0.717) is 6.29 Å². The zero-order valence-corrected chi connectivity index (χ0v) is 8.19. The van der Waals surface area contributed by atoms with Crippen molar-refractivity contribution in [1.29, 1.82) is 0 Å². The van der Waals surface area contributed by atoms with Crippen LogP contribution in [0.25, 0.3) is 0 Å². The van der Waals surface area contributed by atoms with Gasteiger partial charge in [0.1, 0.15) is 0 Å². The normalized spacial score (nSPS) is 9.77. The van der Waals surface area contributed by atoms with E-state index in [9.17, 15) is 9.90 Å². The van der Waals surface area contributed by atoms with Crippen LogP contribution in [0.2, 0.25) is 10.0 Å². The van der Waals surface area contributed by atoms with Gasteiger partial charge in [0.15, 0.2) is 17.8 Å². The maximum Gasteiger partial charge on any atom is 0.179 e. The fourth-order valence-electron chi connectivity index (χ4n) is 0.905. The molecular weight excluding hydrogens is 215 g/mol. The summed E-state index contributed by atoms with van der Waals surface area (Å²) in [6.07, 6.45) is 0.507. The molecule has 0 aliphatic carbocycles. The van der Waals surface area contributed by atoms with Crippen molar-refractivity contribution in [2.24, 2.45) is 0 Å². The Hall–Kier alpha value is -0.930. The number of hydrogen-bond acceptors (Lipinski definition) is 3. The van der Waals surface area contributed by atoms with Crippen LogP contribution >= 0.6 is 23.2 Å². The second-order valence-electron chi connectivity index (χ2n) is 2.26. The number of aldehydes is 1. The van der Waals surface area contributed by atoms with E-state index in [0.717, 1.165) is 0 Å². The van der Waals surface area contributed by atoms with E-state index in [1.54, 1.807) is 0 Å². The summed E-state index contributed by atoms with van der Waals surface area (Å²) in [5.74, 6) is -0.142. The minimum Gasteiger partial charge on any atom is -0.504 e. The Balaban J connectivity index is 3.47. The van der Waals surface area contributed by atoms with Crippen LogP contribution in [-0.2, 0) is 0 Å². The van der Waals surface area contributed by atoms with E-state index in [2.05, 4.69) is 0 Å². The SMILES string of the molecule is COc1c(O)cc(Cl)c(C=O)c1Cl. The molecule has 0 aliphatic rings. The van der Waals surface area contributed by atoms with Crippen molar-refractivity contribution in [2.45, 2.75) is 0 Å². The van der Waals surface area contributed by atoms with Crippen LogP contribution in [0.15, 0.2) is 6.07 Å². The highest BCUT2D eigenvalue weighted by Gasteiger charge is 2.15. The minimum absolute atomic E-state index is 0.0162. The highest BCUT2D eigenvalue weighted by molar-refractivity contribution is 6.39. The van der Waals surface area contributed by atoms with Gasteiger partial charge in [0.25, 0.3) is 0 Å². The number of hydrogen-bond donors (Lipinski definition) is 1. The molecule has 3 nitrogen and oxygen atoms in total. The monoisotopic (exact) mass is 220 g/mol. The predicted octanol–water partition coefficient (Wildman–Crippen LogP) is 2.52. The van der Waals surface area contributed by atoms with Crippen LogP contribution in [0.5, 0.6) is 11.5 Å². The maximum atomic E-state index is 10.5. The second kappa shape index (κ2) is 3.85. The Labute approximate surface area is 84.8 Å². The summed E-state index contributed by atoms with van der Waals surface area (Å²) >= 11 is 11.4. The maximum absolute atomic E-state index is 10.5. The first-order valence-electron chi connectivity index (χ1n) is 3.32. The lowest BCUT2D eigenvalue weighted by atomic mass is 10.2. The predicted molar refractivity (Wildman–Crippen MR) is 50.1 cm³/mol. The molecular formula is C8H6Cl2O3. The van der Waals surface area contributed by atoms with Crippen molar-refractivity contribution in [3.8, 4) is 11.5 Å². The summed E-state index contributed by atoms with van der Waals surface area (Å²) in [7, 11) is 1.34. The molecule has 0 aromatic heterocycles. The molecule has 0 saturated heterocycles. The van der Waals surface area contributed by atoms with Crippen LogP contribution < -0.4 is 4.74 Å². The summed E-state index contributed by atoms with van der Waals surface area (Å²) in [5, 5.41) is 9.39. The van der Waals surface area contributed by atoms with Crippen LogP contribution in [0.4, 0.5) is 0 Å². The number of ether oxygens (including phenoxy) is 1. The molecule has 0 heterocycles. The topological polar surface area (TPSA) is 46.5 Å². The standard InChI is InChI=1S/C8H6Cl2O3/c1-13-8-6(12)2-5(9)4(3-11)7(8)10/h2-3,12H,1H3. The molecule has 0 aliphatic heterocycles. The van der Waals surface area contributed by atoms with Crippen LogP contribution in [0, 0.1) is 0 Å². The zero-order valence-electron chi connectivity index (χ0n) is 6.67. The summed E-state index contributed by atoms with van der Waals surface area (Å²) < 4.78 is 4.77. The van der Waals surface area contributed by atoms with Gasteiger partial charge in [-0.25, -0.2) is 0 Å². The Morgan fingerprint density at radius 3 is 2.62 bits per heavy atom. The Kier molecular flexibility index (Phi) is 3.01. The van der Waals surface area contributed by atoms with E-state index in [4.69, 9.17) is 27.9 Å². The number of halogens is 2. The summed E-state index contributed by atoms with van der Waals surface area (Å²) in [6, 6.07) is 1.20. The van der Waals surface area contributed by atoms with Crippen molar-refractivity contribution in [3.63, 3.8) is 0 Å². The fraction of sp³-hybridized carbons (Fsp3) is 0.125. The van der Waals surface area contributed by atoms with Gasteiger partial charge in [-0.3, -0.25) is 4.79 Å². The third-order valence-electron chi connectivity index (χ3n) is 1.51. The van der Waals surface area contributed by atoms with Crippen LogP contribution in [0.3, 0.4) is 0 Å². The number of carbonyl (C=O) groups excluding carboxylic acids is 1. The quantitative estimate of drug-likeness (QED) is 0.780. The van der Waals surface area contributed by atoms with E-state index in [1.807, 2.05) is 0 Å². The average Bonchev–Trinajstić information content (AvgIpc) is 2.04. The minimum atomic E-state index is -0.192. The van der Waals surface area contributed by atoms with E-state index in [1.165, 1.54) is 13.2 Å². The summed E-state index contributed by atoms with van der Waals surface area (Å²) in [5.41, 5.74) is 0.109. The molecule has 1 aromatic carbocycles. The smallest absolute Gasteiger partial charge is 0.179 e. The molecule has 70 valence electrons. The number of methoxy groups -OCH3 is 1. The van der Waals surface area contributed by atoms with Gasteiger partial charge < -0.3 is 9.84 Å². The Bertz CT molecular complexity index is 350. The van der Waals surface area contributed by atoms with Crippen molar-refractivity contribution >= 4 is 29.5 Å². The molecule has 1 rings (SSSR count). The number of phenols is 1. The largest absolute Gasteiger partial charge is 0.504 e. The molecule has 0 unspecified atom stereocenters. The third kappa shape index (κ3) is 1.71. The molecule has 1 N–H and O–H groups in total. The average molecular weight is 221 g/mol. The molecule has 0 saturated carbocycles. The van der Waals surface area contributed by atoms with Gasteiger partial charge in [-0.05, 0) is 0 Å². The summed E-state index contributed by atoms with van der Waals surface area (Å²) in [6.45, 7) is 0. The van der Waals surface area contributed by atoms with E-state index in [-0.39, 0.29) is 27.1 Å². The van der Waals surface area contributed by atoms with Crippen molar-refractivity contribution in [2.75, 3.05) is 7.11 Å². The number of aromatic hydroxyl groups is 1. The number of carbonyl (C=O) groups is 1. The lowest BCUT2D eigenvalue weighted by Crippen LogP contribution is -1.91. The van der Waals surface area contributed by atoms with E-state index >= 15 is 0 Å². The molecule has 5 heteroatoms. The first kappa shape index (κ1) is 10.2. The van der Waals surface area contributed by atoms with Gasteiger partial charge in [0.2, 0.25) is 0 Å². The lowest BCUT2D eigenvalue weighted by Gasteiger charge is -2.08. The molecule has 0 fully saturated rings.